The van der Waals surface area contributed by atoms with Crippen LogP contribution >= 0.6 is 0 Å². The van der Waals surface area contributed by atoms with Crippen LogP contribution < -0.4 is 10.6 Å². The molecule has 2 aromatic carbocycles. The van der Waals surface area contributed by atoms with E-state index in [2.05, 4.69) is 26.2 Å². The van der Waals surface area contributed by atoms with Crippen molar-refractivity contribution in [2.45, 2.75) is 6.42 Å². The van der Waals surface area contributed by atoms with Crippen LogP contribution in [0.5, 0.6) is 0 Å². The summed E-state index contributed by atoms with van der Waals surface area (Å²) in [4.78, 5) is 11.9. The second-order valence-electron chi connectivity index (χ2n) is 5.18. The van der Waals surface area contributed by atoms with Gasteiger partial charge in [0.1, 0.15) is 18.0 Å². The zero-order valence-corrected chi connectivity index (χ0v) is 13.0. The Balaban J connectivity index is 1.57. The molecule has 128 valence electrons. The highest BCUT2D eigenvalue weighted by Crippen LogP contribution is 2.18. The summed E-state index contributed by atoms with van der Waals surface area (Å²) < 4.78 is 28.0. The molecule has 0 bridgehead atoms. The van der Waals surface area contributed by atoms with Crippen molar-refractivity contribution in [1.82, 2.24) is 25.5 Å². The Labute approximate surface area is 141 Å². The number of urea groups is 1. The van der Waals surface area contributed by atoms with Crippen LogP contribution in [-0.2, 0) is 6.42 Å². The van der Waals surface area contributed by atoms with E-state index in [4.69, 9.17) is 0 Å². The molecule has 0 fully saturated rings. The van der Waals surface area contributed by atoms with E-state index in [0.29, 0.717) is 18.7 Å². The van der Waals surface area contributed by atoms with Crippen molar-refractivity contribution in [3.63, 3.8) is 0 Å². The van der Waals surface area contributed by atoms with Crippen LogP contribution in [0, 0.1) is 11.6 Å². The predicted molar refractivity (Wildman–Crippen MR) is 86.2 cm³/mol. The van der Waals surface area contributed by atoms with E-state index in [0.717, 1.165) is 5.56 Å². The summed E-state index contributed by atoms with van der Waals surface area (Å²) in [5.74, 6) is -0.891. The molecule has 0 saturated carbocycles. The maximum absolute atomic E-state index is 13.9. The van der Waals surface area contributed by atoms with E-state index >= 15 is 0 Å². The molecule has 0 aliphatic carbocycles. The molecule has 1 aromatic heterocycles. The lowest BCUT2D eigenvalue weighted by molar-refractivity contribution is 0.252. The highest BCUT2D eigenvalue weighted by molar-refractivity contribution is 5.89. The minimum atomic E-state index is -0.578. The van der Waals surface area contributed by atoms with Gasteiger partial charge in [0, 0.05) is 6.54 Å². The summed E-state index contributed by atoms with van der Waals surface area (Å²) in [5, 5.41) is 15.8. The van der Waals surface area contributed by atoms with Gasteiger partial charge in [0.05, 0.1) is 11.4 Å². The molecule has 0 spiro atoms. The highest BCUT2D eigenvalue weighted by Gasteiger charge is 2.09. The van der Waals surface area contributed by atoms with Crippen LogP contribution in [0.1, 0.15) is 5.56 Å². The van der Waals surface area contributed by atoms with Crippen LogP contribution in [0.2, 0.25) is 0 Å². The topological polar surface area (TPSA) is 84.7 Å². The number of hydrogen-bond donors (Lipinski definition) is 2. The summed E-state index contributed by atoms with van der Waals surface area (Å²) >= 11 is 0. The standard InChI is InChI=1S/C16H14F2N6O/c17-12-3-1-11(2-4-12)7-8-19-16(25)21-15-9-13(5-6-14(15)18)24-10-20-22-23-24/h1-6,9-10H,7-8H2,(H2,19,21,25). The molecule has 3 rings (SSSR count). The van der Waals surface area contributed by atoms with Crippen molar-refractivity contribution >= 4 is 11.7 Å². The average molecular weight is 344 g/mol. The zero-order valence-electron chi connectivity index (χ0n) is 13.0. The molecule has 0 aliphatic heterocycles. The van der Waals surface area contributed by atoms with Gasteiger partial charge in [-0.2, -0.15) is 0 Å². The van der Waals surface area contributed by atoms with Gasteiger partial charge in [0.25, 0.3) is 0 Å². The molecule has 3 aromatic rings. The van der Waals surface area contributed by atoms with Gasteiger partial charge >= 0.3 is 6.03 Å². The smallest absolute Gasteiger partial charge is 0.319 e. The molecule has 0 radical (unpaired) electrons. The SMILES string of the molecule is O=C(NCCc1ccc(F)cc1)Nc1cc(-n2cnnn2)ccc1F. The predicted octanol–water partition coefficient (Wildman–Crippen LogP) is 2.30. The van der Waals surface area contributed by atoms with E-state index in [1.807, 2.05) is 0 Å². The van der Waals surface area contributed by atoms with Gasteiger partial charge in [-0.25, -0.2) is 18.3 Å². The first-order valence-electron chi connectivity index (χ1n) is 7.44. The Morgan fingerprint density at radius 3 is 2.64 bits per heavy atom. The van der Waals surface area contributed by atoms with Gasteiger partial charge < -0.3 is 10.6 Å². The van der Waals surface area contributed by atoms with Crippen molar-refractivity contribution < 1.29 is 13.6 Å². The number of carbonyl (C=O) groups excluding carboxylic acids is 1. The molecule has 25 heavy (non-hydrogen) atoms. The van der Waals surface area contributed by atoms with Crippen LogP contribution in [0.3, 0.4) is 0 Å². The maximum Gasteiger partial charge on any atom is 0.319 e. The van der Waals surface area contributed by atoms with Crippen LogP contribution in [0.25, 0.3) is 5.69 Å². The number of amides is 2. The van der Waals surface area contributed by atoms with E-state index in [1.54, 1.807) is 12.1 Å². The van der Waals surface area contributed by atoms with Crippen molar-refractivity contribution in [1.29, 1.82) is 0 Å². The number of tetrazole rings is 1. The Morgan fingerprint density at radius 2 is 1.92 bits per heavy atom. The van der Waals surface area contributed by atoms with E-state index in [1.165, 1.54) is 41.3 Å². The third-order valence-electron chi connectivity index (χ3n) is 3.42. The fourth-order valence-electron chi connectivity index (χ4n) is 2.17. The Kier molecular flexibility index (Phi) is 4.93. The minimum Gasteiger partial charge on any atom is -0.338 e. The lowest BCUT2D eigenvalue weighted by Crippen LogP contribution is -2.30. The Morgan fingerprint density at radius 1 is 1.12 bits per heavy atom. The summed E-state index contributed by atoms with van der Waals surface area (Å²) in [7, 11) is 0. The van der Waals surface area contributed by atoms with Gasteiger partial charge in [0.15, 0.2) is 0 Å². The molecule has 0 saturated heterocycles. The van der Waals surface area contributed by atoms with E-state index in [-0.39, 0.29) is 11.5 Å². The van der Waals surface area contributed by atoms with E-state index < -0.39 is 11.8 Å². The first-order chi connectivity index (χ1) is 12.1. The molecule has 2 N–H and O–H groups in total. The van der Waals surface area contributed by atoms with Gasteiger partial charge in [-0.3, -0.25) is 0 Å². The van der Waals surface area contributed by atoms with Gasteiger partial charge in [-0.15, -0.1) is 5.10 Å². The number of halogens is 2. The quantitative estimate of drug-likeness (QED) is 0.744. The summed E-state index contributed by atoms with van der Waals surface area (Å²) in [6.07, 6.45) is 1.89. The lowest BCUT2D eigenvalue weighted by Gasteiger charge is -2.10. The zero-order chi connectivity index (χ0) is 17.6. The third kappa shape index (κ3) is 4.34. The Hall–Kier alpha value is -3.36. The van der Waals surface area contributed by atoms with Crippen molar-refractivity contribution in [2.24, 2.45) is 0 Å². The molecule has 0 atom stereocenters. The third-order valence-corrected chi connectivity index (χ3v) is 3.42. The van der Waals surface area contributed by atoms with Crippen molar-refractivity contribution in [3.05, 3.63) is 66.0 Å². The van der Waals surface area contributed by atoms with Crippen LogP contribution in [-0.4, -0.2) is 32.8 Å². The molecular weight excluding hydrogens is 330 g/mol. The second kappa shape index (κ2) is 7.47. The highest BCUT2D eigenvalue weighted by atomic mass is 19.1. The summed E-state index contributed by atoms with van der Waals surface area (Å²) in [5.41, 5.74) is 1.40. The monoisotopic (exact) mass is 344 g/mol. The number of rotatable bonds is 5. The van der Waals surface area contributed by atoms with Crippen LogP contribution in [0.4, 0.5) is 19.3 Å². The number of nitrogens with one attached hydrogen (secondary N) is 2. The number of hydrogen-bond acceptors (Lipinski definition) is 4. The number of carbonyl (C=O) groups is 1. The molecular formula is C16H14F2N6O. The molecule has 2 amide bonds. The molecule has 7 nitrogen and oxygen atoms in total. The average Bonchev–Trinajstić information content (AvgIpc) is 3.13. The van der Waals surface area contributed by atoms with Crippen LogP contribution in [0.15, 0.2) is 48.8 Å². The molecule has 0 unspecified atom stereocenters. The summed E-state index contributed by atoms with van der Waals surface area (Å²) in [6.45, 7) is 0.325. The lowest BCUT2D eigenvalue weighted by atomic mass is 10.1. The number of anilines is 1. The van der Waals surface area contributed by atoms with E-state index in [9.17, 15) is 13.6 Å². The molecule has 0 aliphatic rings. The number of nitrogens with zero attached hydrogens (tertiary/aromatic N) is 4. The van der Waals surface area contributed by atoms with Gasteiger partial charge in [-0.05, 0) is 52.7 Å². The van der Waals surface area contributed by atoms with Gasteiger partial charge in [0.2, 0.25) is 0 Å². The fourth-order valence-corrected chi connectivity index (χ4v) is 2.17. The van der Waals surface area contributed by atoms with Gasteiger partial charge in [-0.1, -0.05) is 12.1 Å². The van der Waals surface area contributed by atoms with Crippen molar-refractivity contribution in [3.8, 4) is 5.69 Å². The number of aromatic nitrogens is 4. The van der Waals surface area contributed by atoms with Crippen molar-refractivity contribution in [2.75, 3.05) is 11.9 Å². The normalized spacial score (nSPS) is 10.5. The summed E-state index contributed by atoms with van der Waals surface area (Å²) in [6, 6.07) is 9.58. The second-order valence-corrected chi connectivity index (χ2v) is 5.18. The first kappa shape index (κ1) is 16.5. The Bertz CT molecular complexity index is 852. The first-order valence-corrected chi connectivity index (χ1v) is 7.44. The molecule has 1 heterocycles. The molecule has 9 heteroatoms. The fraction of sp³-hybridized carbons (Fsp3) is 0.125. The minimum absolute atomic E-state index is 0.00674. The largest absolute Gasteiger partial charge is 0.338 e. The number of benzene rings is 2. The maximum atomic E-state index is 13.9.